The van der Waals surface area contributed by atoms with E-state index in [4.69, 9.17) is 15.3 Å². The molecule has 0 bridgehead atoms. The van der Waals surface area contributed by atoms with E-state index >= 15 is 0 Å². The second kappa shape index (κ2) is 3.22. The molecule has 0 unspecified atom stereocenters. The van der Waals surface area contributed by atoms with Crippen molar-refractivity contribution in [2.24, 2.45) is 5.84 Å². The molecular weight excluding hydrogens is 176 g/mol. The summed E-state index contributed by atoms with van der Waals surface area (Å²) in [5, 5.41) is 0. The first-order valence-corrected chi connectivity index (χ1v) is 4.24. The predicted octanol–water partition coefficient (Wildman–Crippen LogP) is 0.886. The van der Waals surface area contributed by atoms with E-state index in [9.17, 15) is 0 Å². The van der Waals surface area contributed by atoms with Gasteiger partial charge in [-0.15, -0.1) is 0 Å². The monoisotopic (exact) mass is 184 g/mol. The normalized spacial score (nSPS) is 13.4. The van der Waals surface area contributed by atoms with E-state index in [-0.39, 0.29) is 0 Å². The highest BCUT2D eigenvalue weighted by atomic mass is 32.2. The average molecular weight is 184 g/mol. The van der Waals surface area contributed by atoms with Crippen LogP contribution in [0.5, 0.6) is 11.5 Å². The second-order valence-corrected chi connectivity index (χ2v) is 3.15. The largest absolute Gasteiger partial charge is 0.454 e. The van der Waals surface area contributed by atoms with Crippen LogP contribution < -0.4 is 20.1 Å². The minimum atomic E-state index is 0.305. The van der Waals surface area contributed by atoms with E-state index in [1.165, 1.54) is 11.9 Å². The van der Waals surface area contributed by atoms with Crippen molar-refractivity contribution in [2.75, 3.05) is 6.79 Å². The first-order chi connectivity index (χ1) is 5.90. The van der Waals surface area contributed by atoms with Crippen molar-refractivity contribution >= 4 is 11.9 Å². The fourth-order valence-electron chi connectivity index (χ4n) is 1.01. The van der Waals surface area contributed by atoms with Gasteiger partial charge in [0.1, 0.15) is 0 Å². The van der Waals surface area contributed by atoms with Gasteiger partial charge in [-0.2, -0.15) is 4.83 Å². The van der Waals surface area contributed by atoms with Crippen LogP contribution in [0.3, 0.4) is 0 Å². The van der Waals surface area contributed by atoms with Gasteiger partial charge in [0.05, 0.1) is 0 Å². The summed E-state index contributed by atoms with van der Waals surface area (Å²) in [6.45, 7) is 0.305. The van der Waals surface area contributed by atoms with Gasteiger partial charge in [-0.05, 0) is 30.1 Å². The van der Waals surface area contributed by atoms with Gasteiger partial charge in [-0.3, -0.25) is 5.84 Å². The lowest BCUT2D eigenvalue weighted by atomic mass is 10.3. The summed E-state index contributed by atoms with van der Waals surface area (Å²) >= 11 is 1.33. The lowest BCUT2D eigenvalue weighted by molar-refractivity contribution is 0.174. The SMILES string of the molecule is NNSc1ccc2c(c1)OCO2. The van der Waals surface area contributed by atoms with Crippen LogP contribution in [0.4, 0.5) is 0 Å². The number of hydrazine groups is 1. The molecule has 1 aromatic carbocycles. The zero-order valence-corrected chi connectivity index (χ0v) is 7.06. The van der Waals surface area contributed by atoms with Crippen molar-refractivity contribution in [3.63, 3.8) is 0 Å². The Hall–Kier alpha value is -0.910. The van der Waals surface area contributed by atoms with Gasteiger partial charge in [-0.1, -0.05) is 0 Å². The van der Waals surface area contributed by atoms with Gasteiger partial charge in [0.25, 0.3) is 0 Å². The van der Waals surface area contributed by atoms with Gasteiger partial charge < -0.3 is 9.47 Å². The Morgan fingerprint density at radius 2 is 2.17 bits per heavy atom. The van der Waals surface area contributed by atoms with Gasteiger partial charge in [0.2, 0.25) is 6.79 Å². The van der Waals surface area contributed by atoms with Crippen molar-refractivity contribution < 1.29 is 9.47 Å². The molecule has 3 N–H and O–H groups in total. The van der Waals surface area contributed by atoms with Crippen molar-refractivity contribution in [1.82, 2.24) is 4.83 Å². The standard InChI is InChI=1S/C7H8N2O2S/c8-9-12-5-1-2-6-7(3-5)11-4-10-6/h1-3,9H,4,8H2. The van der Waals surface area contributed by atoms with Crippen LogP contribution in [-0.4, -0.2) is 6.79 Å². The molecule has 0 aromatic heterocycles. The van der Waals surface area contributed by atoms with Crippen LogP contribution in [0, 0.1) is 0 Å². The number of nitrogens with one attached hydrogen (secondary N) is 1. The maximum Gasteiger partial charge on any atom is 0.231 e. The van der Waals surface area contributed by atoms with Crippen LogP contribution in [0.1, 0.15) is 0 Å². The highest BCUT2D eigenvalue weighted by Crippen LogP contribution is 2.34. The molecule has 1 aliphatic rings. The molecule has 0 amide bonds. The maximum atomic E-state index is 5.18. The molecule has 0 spiro atoms. The Morgan fingerprint density at radius 1 is 1.33 bits per heavy atom. The topological polar surface area (TPSA) is 56.5 Å². The van der Waals surface area contributed by atoms with E-state index in [0.717, 1.165) is 16.4 Å². The third kappa shape index (κ3) is 1.34. The van der Waals surface area contributed by atoms with Crippen molar-refractivity contribution in [1.29, 1.82) is 0 Å². The van der Waals surface area contributed by atoms with Gasteiger partial charge >= 0.3 is 0 Å². The Morgan fingerprint density at radius 3 is 3.00 bits per heavy atom. The highest BCUT2D eigenvalue weighted by Gasteiger charge is 2.12. The molecule has 2 rings (SSSR count). The van der Waals surface area contributed by atoms with E-state index in [0.29, 0.717) is 6.79 Å². The quantitative estimate of drug-likeness (QED) is 0.406. The minimum absolute atomic E-state index is 0.305. The first kappa shape index (κ1) is 7.72. The summed E-state index contributed by atoms with van der Waals surface area (Å²) in [5.41, 5.74) is 0. The van der Waals surface area contributed by atoms with Crippen LogP contribution in [0.25, 0.3) is 0 Å². The Balaban J connectivity index is 2.26. The summed E-state index contributed by atoms with van der Waals surface area (Å²) < 4.78 is 10.3. The maximum absolute atomic E-state index is 5.18. The molecule has 0 aliphatic carbocycles. The summed E-state index contributed by atoms with van der Waals surface area (Å²) in [6.07, 6.45) is 0. The van der Waals surface area contributed by atoms with Crippen molar-refractivity contribution in [2.45, 2.75) is 4.90 Å². The molecule has 5 heteroatoms. The third-order valence-electron chi connectivity index (χ3n) is 1.52. The van der Waals surface area contributed by atoms with E-state index in [1.807, 2.05) is 18.2 Å². The summed E-state index contributed by atoms with van der Waals surface area (Å²) in [7, 11) is 0. The molecule has 12 heavy (non-hydrogen) atoms. The Labute approximate surface area is 74.1 Å². The van der Waals surface area contributed by atoms with Crippen LogP contribution >= 0.6 is 11.9 Å². The third-order valence-corrected chi connectivity index (χ3v) is 2.13. The molecule has 1 aliphatic heterocycles. The number of benzene rings is 1. The van der Waals surface area contributed by atoms with E-state index in [1.54, 1.807) is 0 Å². The van der Waals surface area contributed by atoms with Gasteiger partial charge in [-0.25, -0.2) is 0 Å². The highest BCUT2D eigenvalue weighted by molar-refractivity contribution is 7.97. The number of nitrogens with two attached hydrogens (primary N) is 1. The fourth-order valence-corrected chi connectivity index (χ4v) is 1.45. The summed E-state index contributed by atoms with van der Waals surface area (Å²) in [6, 6.07) is 5.66. The van der Waals surface area contributed by atoms with E-state index in [2.05, 4.69) is 4.83 Å². The van der Waals surface area contributed by atoms with E-state index < -0.39 is 0 Å². The average Bonchev–Trinajstić information content (AvgIpc) is 2.51. The molecule has 64 valence electrons. The zero-order valence-electron chi connectivity index (χ0n) is 6.24. The fraction of sp³-hybridized carbons (Fsp3) is 0.143. The molecule has 1 aromatic rings. The molecule has 0 radical (unpaired) electrons. The number of hydrogen-bond acceptors (Lipinski definition) is 5. The first-order valence-electron chi connectivity index (χ1n) is 3.42. The van der Waals surface area contributed by atoms with Crippen LogP contribution in [0.2, 0.25) is 0 Å². The molecule has 1 heterocycles. The molecule has 4 nitrogen and oxygen atoms in total. The molecule has 0 saturated heterocycles. The number of fused-ring (bicyclic) bond motifs is 1. The molecular formula is C7H8N2O2S. The molecule has 0 saturated carbocycles. The zero-order chi connectivity index (χ0) is 8.39. The number of rotatable bonds is 2. The van der Waals surface area contributed by atoms with Crippen molar-refractivity contribution in [3.05, 3.63) is 18.2 Å². The van der Waals surface area contributed by atoms with Crippen LogP contribution in [0.15, 0.2) is 23.1 Å². The molecule has 0 fully saturated rings. The second-order valence-electron chi connectivity index (χ2n) is 2.23. The molecule has 0 atom stereocenters. The van der Waals surface area contributed by atoms with Crippen LogP contribution in [-0.2, 0) is 0 Å². The summed E-state index contributed by atoms with van der Waals surface area (Å²) in [4.78, 5) is 3.50. The van der Waals surface area contributed by atoms with Crippen molar-refractivity contribution in [3.8, 4) is 11.5 Å². The number of hydrogen-bond donors (Lipinski definition) is 2. The minimum Gasteiger partial charge on any atom is -0.454 e. The Bertz CT molecular complexity index is 293. The predicted molar refractivity (Wildman–Crippen MR) is 45.7 cm³/mol. The number of ether oxygens (including phenoxy) is 2. The lowest BCUT2D eigenvalue weighted by Gasteiger charge is -1.99. The summed E-state index contributed by atoms with van der Waals surface area (Å²) in [5.74, 6) is 6.71. The Kier molecular flexibility index (Phi) is 2.07. The lowest BCUT2D eigenvalue weighted by Crippen LogP contribution is -2.10. The van der Waals surface area contributed by atoms with Gasteiger partial charge in [0, 0.05) is 4.90 Å². The van der Waals surface area contributed by atoms with Gasteiger partial charge in [0.15, 0.2) is 11.5 Å². The smallest absolute Gasteiger partial charge is 0.231 e.